The van der Waals surface area contributed by atoms with Gasteiger partial charge >= 0.3 is 0 Å². The highest BCUT2D eigenvalue weighted by molar-refractivity contribution is 5.94. The Kier molecular flexibility index (Phi) is 5.89. The van der Waals surface area contributed by atoms with Crippen LogP contribution in [-0.4, -0.2) is 48.7 Å². The molecule has 3 rings (SSSR count). The summed E-state index contributed by atoms with van der Waals surface area (Å²) < 4.78 is 5.60. The number of piperidine rings is 1. The number of aliphatic hydroxyl groups is 1. The van der Waals surface area contributed by atoms with Crippen molar-refractivity contribution < 1.29 is 14.3 Å². The van der Waals surface area contributed by atoms with Gasteiger partial charge in [0, 0.05) is 37.4 Å². The van der Waals surface area contributed by atoms with Crippen molar-refractivity contribution in [3.05, 3.63) is 47.7 Å². The number of benzene rings is 1. The molecule has 1 saturated heterocycles. The van der Waals surface area contributed by atoms with Crippen LogP contribution in [0.2, 0.25) is 0 Å². The molecule has 0 spiro atoms. The summed E-state index contributed by atoms with van der Waals surface area (Å²) in [6.45, 7) is 5.58. The van der Waals surface area contributed by atoms with Crippen LogP contribution in [0.3, 0.4) is 0 Å². The Morgan fingerprint density at radius 3 is 2.76 bits per heavy atom. The van der Waals surface area contributed by atoms with Crippen molar-refractivity contribution in [1.29, 1.82) is 0 Å². The van der Waals surface area contributed by atoms with E-state index in [2.05, 4.69) is 10.2 Å². The maximum atomic E-state index is 12.3. The van der Waals surface area contributed by atoms with E-state index in [-0.39, 0.29) is 12.5 Å². The molecule has 1 atom stereocenters. The van der Waals surface area contributed by atoms with Crippen LogP contribution in [0.15, 0.2) is 40.8 Å². The van der Waals surface area contributed by atoms with Gasteiger partial charge in [0.2, 0.25) is 0 Å². The van der Waals surface area contributed by atoms with Gasteiger partial charge in [-0.3, -0.25) is 4.79 Å². The summed E-state index contributed by atoms with van der Waals surface area (Å²) in [5.74, 6) is 2.01. The monoisotopic (exact) mass is 342 g/mol. The van der Waals surface area contributed by atoms with Gasteiger partial charge in [-0.2, -0.15) is 0 Å². The molecule has 25 heavy (non-hydrogen) atoms. The molecule has 1 aromatic heterocycles. The molecule has 5 heteroatoms. The van der Waals surface area contributed by atoms with Gasteiger partial charge in [0.15, 0.2) is 0 Å². The molecule has 1 fully saturated rings. The second-order valence-corrected chi connectivity index (χ2v) is 6.73. The lowest BCUT2D eigenvalue weighted by Gasteiger charge is -2.31. The standard InChI is InChI=1S/C20H26N2O3/c1-15-4-9-19(25-15)17-5-7-18(8-6-17)20(24)21-10-12-22-11-2-3-16(13-22)14-23/h4-9,16,23H,2-3,10-14H2,1H3,(H,21,24). The lowest BCUT2D eigenvalue weighted by Crippen LogP contribution is -2.41. The van der Waals surface area contributed by atoms with E-state index < -0.39 is 0 Å². The SMILES string of the molecule is Cc1ccc(-c2ccc(C(=O)NCCN3CCCC(CO)C3)cc2)o1. The summed E-state index contributed by atoms with van der Waals surface area (Å²) in [4.78, 5) is 14.6. The average Bonchev–Trinajstić information content (AvgIpc) is 3.08. The van der Waals surface area contributed by atoms with Crippen LogP contribution in [0.25, 0.3) is 11.3 Å². The first-order valence-corrected chi connectivity index (χ1v) is 8.94. The predicted octanol–water partition coefficient (Wildman–Crippen LogP) is 2.69. The fraction of sp³-hybridized carbons (Fsp3) is 0.450. The number of carbonyl (C=O) groups excluding carboxylic acids is 1. The minimum Gasteiger partial charge on any atom is -0.461 e. The fourth-order valence-corrected chi connectivity index (χ4v) is 3.31. The van der Waals surface area contributed by atoms with Gasteiger partial charge in [0.1, 0.15) is 11.5 Å². The van der Waals surface area contributed by atoms with E-state index in [0.29, 0.717) is 18.0 Å². The van der Waals surface area contributed by atoms with E-state index in [0.717, 1.165) is 49.6 Å². The van der Waals surface area contributed by atoms with Crippen molar-refractivity contribution in [2.45, 2.75) is 19.8 Å². The van der Waals surface area contributed by atoms with Crippen molar-refractivity contribution in [1.82, 2.24) is 10.2 Å². The summed E-state index contributed by atoms with van der Waals surface area (Å²) in [6.07, 6.45) is 2.22. The third-order valence-corrected chi connectivity index (χ3v) is 4.75. The molecule has 0 radical (unpaired) electrons. The van der Waals surface area contributed by atoms with Crippen LogP contribution in [-0.2, 0) is 0 Å². The van der Waals surface area contributed by atoms with E-state index in [4.69, 9.17) is 4.42 Å². The Bertz CT molecular complexity index is 693. The summed E-state index contributed by atoms with van der Waals surface area (Å²) in [6, 6.07) is 11.3. The number of likely N-dealkylation sites (tertiary alicyclic amines) is 1. The molecular formula is C20H26N2O3. The van der Waals surface area contributed by atoms with Crippen LogP contribution in [0.1, 0.15) is 29.0 Å². The molecule has 0 saturated carbocycles. The smallest absolute Gasteiger partial charge is 0.251 e. The molecule has 0 aliphatic carbocycles. The zero-order valence-corrected chi connectivity index (χ0v) is 14.7. The van der Waals surface area contributed by atoms with Crippen molar-refractivity contribution in [3.8, 4) is 11.3 Å². The molecular weight excluding hydrogens is 316 g/mol. The molecule has 5 nitrogen and oxygen atoms in total. The van der Waals surface area contributed by atoms with E-state index in [1.165, 1.54) is 0 Å². The quantitative estimate of drug-likeness (QED) is 0.847. The number of carbonyl (C=O) groups is 1. The molecule has 1 aliphatic rings. The van der Waals surface area contributed by atoms with E-state index in [9.17, 15) is 9.90 Å². The van der Waals surface area contributed by atoms with Crippen LogP contribution >= 0.6 is 0 Å². The third-order valence-electron chi connectivity index (χ3n) is 4.75. The van der Waals surface area contributed by atoms with Crippen molar-refractivity contribution in [2.75, 3.05) is 32.8 Å². The van der Waals surface area contributed by atoms with E-state index in [1.54, 1.807) is 0 Å². The van der Waals surface area contributed by atoms with Gasteiger partial charge in [0.05, 0.1) is 0 Å². The first kappa shape index (κ1) is 17.7. The minimum atomic E-state index is -0.0575. The number of aliphatic hydroxyl groups excluding tert-OH is 1. The molecule has 1 aliphatic heterocycles. The van der Waals surface area contributed by atoms with Crippen molar-refractivity contribution in [3.63, 3.8) is 0 Å². The number of hydrogen-bond donors (Lipinski definition) is 2. The molecule has 2 aromatic rings. The Labute approximate surface area is 148 Å². The summed E-state index contributed by atoms with van der Waals surface area (Å²) in [7, 11) is 0. The number of furan rings is 1. The van der Waals surface area contributed by atoms with Gasteiger partial charge in [0.25, 0.3) is 5.91 Å². The van der Waals surface area contributed by atoms with Crippen LogP contribution in [0.5, 0.6) is 0 Å². The predicted molar refractivity (Wildman–Crippen MR) is 97.5 cm³/mol. The highest BCUT2D eigenvalue weighted by atomic mass is 16.3. The lowest BCUT2D eigenvalue weighted by molar-refractivity contribution is 0.0930. The van der Waals surface area contributed by atoms with Crippen molar-refractivity contribution >= 4 is 5.91 Å². The highest BCUT2D eigenvalue weighted by Crippen LogP contribution is 2.22. The lowest BCUT2D eigenvalue weighted by atomic mass is 9.99. The molecule has 2 N–H and O–H groups in total. The second kappa shape index (κ2) is 8.32. The summed E-state index contributed by atoms with van der Waals surface area (Å²) >= 11 is 0. The molecule has 0 bridgehead atoms. The molecule has 134 valence electrons. The van der Waals surface area contributed by atoms with Crippen molar-refractivity contribution in [2.24, 2.45) is 5.92 Å². The fourth-order valence-electron chi connectivity index (χ4n) is 3.31. The minimum absolute atomic E-state index is 0.0575. The van der Waals surface area contributed by atoms with Gasteiger partial charge in [-0.25, -0.2) is 0 Å². The van der Waals surface area contributed by atoms with Gasteiger partial charge in [-0.05, 0) is 56.5 Å². The largest absolute Gasteiger partial charge is 0.461 e. The number of hydrogen-bond acceptors (Lipinski definition) is 4. The first-order chi connectivity index (χ1) is 12.2. The van der Waals surface area contributed by atoms with E-state index in [1.807, 2.05) is 43.3 Å². The Hall–Kier alpha value is -2.11. The molecule has 1 amide bonds. The van der Waals surface area contributed by atoms with Crippen LogP contribution in [0.4, 0.5) is 0 Å². The van der Waals surface area contributed by atoms with Crippen LogP contribution < -0.4 is 5.32 Å². The highest BCUT2D eigenvalue weighted by Gasteiger charge is 2.18. The molecule has 1 aromatic carbocycles. The maximum Gasteiger partial charge on any atom is 0.251 e. The first-order valence-electron chi connectivity index (χ1n) is 8.94. The third kappa shape index (κ3) is 4.71. The van der Waals surface area contributed by atoms with Gasteiger partial charge < -0.3 is 19.7 Å². The normalized spacial score (nSPS) is 18.2. The zero-order valence-electron chi connectivity index (χ0n) is 14.7. The number of nitrogens with zero attached hydrogens (tertiary/aromatic N) is 1. The summed E-state index contributed by atoms with van der Waals surface area (Å²) in [5, 5.41) is 12.2. The topological polar surface area (TPSA) is 65.7 Å². The number of rotatable bonds is 6. The molecule has 2 heterocycles. The average molecular weight is 342 g/mol. The Morgan fingerprint density at radius 2 is 2.08 bits per heavy atom. The Balaban J connectivity index is 1.48. The second-order valence-electron chi connectivity index (χ2n) is 6.73. The molecule has 1 unspecified atom stereocenters. The number of amides is 1. The zero-order chi connectivity index (χ0) is 17.6. The maximum absolute atomic E-state index is 12.3. The Morgan fingerprint density at radius 1 is 1.28 bits per heavy atom. The van der Waals surface area contributed by atoms with E-state index >= 15 is 0 Å². The van der Waals surface area contributed by atoms with Gasteiger partial charge in [-0.15, -0.1) is 0 Å². The summed E-state index contributed by atoms with van der Waals surface area (Å²) in [5.41, 5.74) is 1.62. The van der Waals surface area contributed by atoms with Crippen LogP contribution in [0, 0.1) is 12.8 Å². The number of aryl methyl sites for hydroxylation is 1. The van der Waals surface area contributed by atoms with Gasteiger partial charge in [-0.1, -0.05) is 12.1 Å². The number of nitrogens with one attached hydrogen (secondary N) is 1.